The summed E-state index contributed by atoms with van der Waals surface area (Å²) in [6.07, 6.45) is 6.82. The summed E-state index contributed by atoms with van der Waals surface area (Å²) in [4.78, 5) is 0. The van der Waals surface area contributed by atoms with Crippen LogP contribution in [0.4, 0.5) is 0 Å². The summed E-state index contributed by atoms with van der Waals surface area (Å²) in [6.45, 7) is 2.58. The highest BCUT2D eigenvalue weighted by molar-refractivity contribution is 5.47. The molecular weight excluding hydrogens is 402 g/mol. The highest BCUT2D eigenvalue weighted by Gasteiger charge is 2.51. The van der Waals surface area contributed by atoms with Gasteiger partial charge in [-0.2, -0.15) is 4.68 Å². The molecule has 2 N–H and O–H groups in total. The zero-order valence-corrected chi connectivity index (χ0v) is 17.4. The van der Waals surface area contributed by atoms with E-state index in [9.17, 15) is 0 Å². The molecule has 1 aromatic heterocycles. The number of quaternary nitrogens is 1. The number of benzene rings is 1. The molecule has 10 nitrogen and oxygen atoms in total. The average molecular weight is 430 g/mol. The van der Waals surface area contributed by atoms with Crippen LogP contribution in [0, 0.1) is 5.92 Å². The third-order valence-corrected chi connectivity index (χ3v) is 6.89. The molecular formula is C21H28N5O5+. The van der Waals surface area contributed by atoms with E-state index < -0.39 is 0 Å². The summed E-state index contributed by atoms with van der Waals surface area (Å²) >= 11 is 0. The average Bonchev–Trinajstić information content (AvgIpc) is 3.58. The summed E-state index contributed by atoms with van der Waals surface area (Å²) in [6, 6.07) is 5.92. The van der Waals surface area contributed by atoms with Crippen LogP contribution in [-0.2, 0) is 9.47 Å². The van der Waals surface area contributed by atoms with Crippen LogP contribution in [0.1, 0.15) is 38.1 Å². The fraction of sp³-hybridized carbons (Fsp3) is 0.667. The highest BCUT2D eigenvalue weighted by Crippen LogP contribution is 2.38. The van der Waals surface area contributed by atoms with E-state index in [1.807, 2.05) is 12.1 Å². The number of hydrogen-bond donors (Lipinski definition) is 1. The molecule has 2 aromatic rings. The molecule has 4 atom stereocenters. The van der Waals surface area contributed by atoms with Crippen molar-refractivity contribution < 1.29 is 29.0 Å². The predicted molar refractivity (Wildman–Crippen MR) is 106 cm³/mol. The molecule has 2 saturated heterocycles. The van der Waals surface area contributed by atoms with Crippen LogP contribution >= 0.6 is 0 Å². The molecule has 10 heteroatoms. The number of nitrogens with zero attached hydrogens (tertiary/aromatic N) is 4. The Morgan fingerprint density at radius 2 is 1.90 bits per heavy atom. The maximum absolute atomic E-state index is 6.17. The molecule has 3 aliphatic heterocycles. The van der Waals surface area contributed by atoms with Gasteiger partial charge in [0.05, 0.1) is 13.2 Å². The number of fused-ring (bicyclic) bond motifs is 2. The van der Waals surface area contributed by atoms with Crippen LogP contribution < -0.4 is 19.5 Å². The van der Waals surface area contributed by atoms with Crippen LogP contribution in [0.2, 0.25) is 0 Å². The van der Waals surface area contributed by atoms with Gasteiger partial charge in [0.15, 0.2) is 11.5 Å². The Balaban J connectivity index is 1.11. The van der Waals surface area contributed by atoms with E-state index in [1.54, 1.807) is 10.7 Å². The molecule has 0 bridgehead atoms. The largest absolute Gasteiger partial charge is 0.454 e. The molecule has 0 spiro atoms. The normalized spacial score (nSPS) is 29.9. The number of ether oxygens (including phenoxy) is 5. The predicted octanol–water partition coefficient (Wildman–Crippen LogP) is 1.05. The van der Waals surface area contributed by atoms with Gasteiger partial charge in [-0.05, 0) is 35.4 Å². The molecule has 4 aliphatic rings. The second-order valence-corrected chi connectivity index (χ2v) is 8.83. The Morgan fingerprint density at radius 3 is 2.84 bits per heavy atom. The van der Waals surface area contributed by atoms with Crippen molar-refractivity contribution in [2.24, 2.45) is 5.92 Å². The van der Waals surface area contributed by atoms with E-state index in [4.69, 9.17) is 23.7 Å². The van der Waals surface area contributed by atoms with E-state index in [1.165, 1.54) is 32.1 Å². The highest BCUT2D eigenvalue weighted by atomic mass is 16.7. The number of nitrogens with two attached hydrogens (primary N) is 1. The summed E-state index contributed by atoms with van der Waals surface area (Å²) in [5.41, 5.74) is 0. The zero-order valence-electron chi connectivity index (χ0n) is 17.4. The lowest BCUT2D eigenvalue weighted by Gasteiger charge is -2.22. The number of tetrazole rings is 1. The fourth-order valence-corrected chi connectivity index (χ4v) is 5.22. The molecule has 0 unspecified atom stereocenters. The van der Waals surface area contributed by atoms with Crippen LogP contribution in [0.5, 0.6) is 23.3 Å². The first-order valence-corrected chi connectivity index (χ1v) is 11.3. The van der Waals surface area contributed by atoms with Crippen LogP contribution in [0.3, 0.4) is 0 Å². The molecule has 3 fully saturated rings. The van der Waals surface area contributed by atoms with Gasteiger partial charge in [-0.3, -0.25) is 0 Å². The van der Waals surface area contributed by atoms with Gasteiger partial charge in [-0.25, -0.2) is 0 Å². The quantitative estimate of drug-likeness (QED) is 0.725. The van der Waals surface area contributed by atoms with Crippen LogP contribution in [-0.4, -0.2) is 65.0 Å². The van der Waals surface area contributed by atoms with E-state index in [0.717, 1.165) is 12.5 Å². The Kier molecular flexibility index (Phi) is 5.13. The fourth-order valence-electron chi connectivity index (χ4n) is 5.22. The van der Waals surface area contributed by atoms with Gasteiger partial charge in [-0.15, -0.1) is 0 Å². The molecule has 0 radical (unpaired) electrons. The number of rotatable bonds is 6. The second kappa shape index (κ2) is 8.25. The first-order chi connectivity index (χ1) is 15.3. The molecule has 166 valence electrons. The molecule has 1 aliphatic carbocycles. The van der Waals surface area contributed by atoms with Gasteiger partial charge in [0.25, 0.3) is 0 Å². The molecule has 4 heterocycles. The maximum Gasteiger partial charge on any atom is 0.341 e. The minimum atomic E-state index is -0.114. The zero-order chi connectivity index (χ0) is 20.6. The molecule has 6 rings (SSSR count). The van der Waals surface area contributed by atoms with Crippen molar-refractivity contribution in [2.75, 3.05) is 26.6 Å². The lowest BCUT2D eigenvalue weighted by molar-refractivity contribution is -0.698. The van der Waals surface area contributed by atoms with Crippen LogP contribution in [0.15, 0.2) is 18.2 Å². The standard InChI is InChI=1S/C21H27N5O5/c1-2-4-13(5-3-1)9-22-15-10-27-20-16(11-28-19(15)20)26-21(23-24-25-26)31-14-6-7-17-18(8-14)30-12-29-17/h6-8,13,15-16,19-20,22H,1-5,9-12H2/p+1/t15-,16-,19+,20+/m0/s1. The Hall–Kier alpha value is -2.43. The third-order valence-electron chi connectivity index (χ3n) is 6.89. The number of aromatic nitrogens is 4. The lowest BCUT2D eigenvalue weighted by atomic mass is 9.89. The SMILES string of the molecule is c1cc2c(cc1Oc1nnnn1[C@H]1CO[C@H]3[C@@H]1OC[C@@H]3[NH2+]CC1CCCCC1)OCO2. The van der Waals surface area contributed by atoms with E-state index in [0.29, 0.717) is 42.5 Å². The summed E-state index contributed by atoms with van der Waals surface area (Å²) in [5, 5.41) is 14.5. The minimum absolute atomic E-state index is 0.0520. The number of hydrogen-bond acceptors (Lipinski definition) is 8. The molecule has 1 aromatic carbocycles. The van der Waals surface area contributed by atoms with Crippen molar-refractivity contribution in [1.82, 2.24) is 20.2 Å². The first-order valence-electron chi connectivity index (χ1n) is 11.3. The summed E-state index contributed by atoms with van der Waals surface area (Å²) in [5.74, 6) is 2.76. The van der Waals surface area contributed by atoms with Gasteiger partial charge in [0.1, 0.15) is 36.6 Å². The minimum Gasteiger partial charge on any atom is -0.454 e. The van der Waals surface area contributed by atoms with Crippen molar-refractivity contribution in [1.29, 1.82) is 0 Å². The molecule has 0 amide bonds. The third kappa shape index (κ3) is 3.72. The second-order valence-electron chi connectivity index (χ2n) is 8.83. The van der Waals surface area contributed by atoms with Crippen molar-refractivity contribution in [3.8, 4) is 23.3 Å². The van der Waals surface area contributed by atoms with Crippen LogP contribution in [0.25, 0.3) is 0 Å². The Bertz CT molecular complexity index is 917. The summed E-state index contributed by atoms with van der Waals surface area (Å²) < 4.78 is 30.7. The van der Waals surface area contributed by atoms with Crippen molar-refractivity contribution >= 4 is 0 Å². The van der Waals surface area contributed by atoms with Crippen molar-refractivity contribution in [3.05, 3.63) is 18.2 Å². The van der Waals surface area contributed by atoms with Gasteiger partial charge >= 0.3 is 6.01 Å². The first kappa shape index (κ1) is 19.3. The van der Waals surface area contributed by atoms with E-state index in [-0.39, 0.29) is 25.0 Å². The van der Waals surface area contributed by atoms with E-state index in [2.05, 4.69) is 20.8 Å². The molecule has 31 heavy (non-hydrogen) atoms. The maximum atomic E-state index is 6.17. The Morgan fingerprint density at radius 1 is 1.03 bits per heavy atom. The van der Waals surface area contributed by atoms with E-state index >= 15 is 0 Å². The van der Waals surface area contributed by atoms with Crippen molar-refractivity contribution in [3.63, 3.8) is 0 Å². The smallest absolute Gasteiger partial charge is 0.341 e. The molecule has 1 saturated carbocycles. The Labute approximate surface area is 180 Å². The monoisotopic (exact) mass is 430 g/mol. The topological polar surface area (TPSA) is 106 Å². The lowest BCUT2D eigenvalue weighted by Crippen LogP contribution is -2.93. The van der Waals surface area contributed by atoms with Crippen molar-refractivity contribution in [2.45, 2.75) is 56.4 Å². The van der Waals surface area contributed by atoms with Gasteiger partial charge in [-0.1, -0.05) is 24.4 Å². The van der Waals surface area contributed by atoms with Gasteiger partial charge < -0.3 is 29.0 Å². The van der Waals surface area contributed by atoms with Gasteiger partial charge in [0, 0.05) is 12.0 Å². The van der Waals surface area contributed by atoms with Gasteiger partial charge in [0.2, 0.25) is 6.79 Å². The summed E-state index contributed by atoms with van der Waals surface area (Å²) in [7, 11) is 0.